The molecule has 1 aromatic rings. The summed E-state index contributed by atoms with van der Waals surface area (Å²) in [5, 5.41) is 2.90. The molecule has 6 heteroatoms. The van der Waals surface area contributed by atoms with E-state index in [-0.39, 0.29) is 24.3 Å². The van der Waals surface area contributed by atoms with Crippen LogP contribution >= 0.6 is 0 Å². The minimum absolute atomic E-state index is 0.0185. The summed E-state index contributed by atoms with van der Waals surface area (Å²) in [5.41, 5.74) is 1.29. The Morgan fingerprint density at radius 1 is 1.19 bits per heavy atom. The Hall–Kier alpha value is -2.63. The number of allylic oxidation sites excluding steroid dienone is 1. The molecule has 2 amide bonds. The van der Waals surface area contributed by atoms with Crippen LogP contribution in [0.25, 0.3) is 0 Å². The molecule has 0 unspecified atom stereocenters. The van der Waals surface area contributed by atoms with Crippen molar-refractivity contribution in [1.82, 2.24) is 4.90 Å². The molecule has 1 saturated heterocycles. The summed E-state index contributed by atoms with van der Waals surface area (Å²) >= 11 is 0. The van der Waals surface area contributed by atoms with Gasteiger partial charge in [-0.2, -0.15) is 0 Å². The Morgan fingerprint density at radius 2 is 1.85 bits per heavy atom. The predicted molar refractivity (Wildman–Crippen MR) is 99.4 cm³/mol. The van der Waals surface area contributed by atoms with Crippen LogP contribution in [-0.4, -0.2) is 42.4 Å². The van der Waals surface area contributed by atoms with E-state index in [4.69, 9.17) is 4.74 Å². The van der Waals surface area contributed by atoms with Gasteiger partial charge in [0.05, 0.1) is 0 Å². The maximum atomic E-state index is 12.3. The summed E-state index contributed by atoms with van der Waals surface area (Å²) < 4.78 is 5.05. The zero-order valence-corrected chi connectivity index (χ0v) is 15.4. The first-order valence-electron chi connectivity index (χ1n) is 8.98. The molecule has 0 radical (unpaired) electrons. The summed E-state index contributed by atoms with van der Waals surface area (Å²) in [6.07, 6.45) is 3.72. The van der Waals surface area contributed by atoms with Crippen LogP contribution in [0.1, 0.15) is 33.1 Å². The second-order valence-electron chi connectivity index (χ2n) is 6.38. The normalized spacial score (nSPS) is 15.5. The second-order valence-corrected chi connectivity index (χ2v) is 6.38. The fraction of sp³-hybridized carbons (Fsp3) is 0.450. The van der Waals surface area contributed by atoms with Crippen LogP contribution in [0.2, 0.25) is 0 Å². The lowest BCUT2D eigenvalue weighted by atomic mass is 9.95. The molecule has 0 aromatic heterocycles. The minimum atomic E-state index is -0.461. The number of rotatable bonds is 6. The van der Waals surface area contributed by atoms with Crippen molar-refractivity contribution < 1.29 is 19.1 Å². The number of esters is 1. The van der Waals surface area contributed by atoms with E-state index in [9.17, 15) is 14.4 Å². The quantitative estimate of drug-likeness (QED) is 0.627. The van der Waals surface area contributed by atoms with Gasteiger partial charge in [-0.25, -0.2) is 4.79 Å². The Balaban J connectivity index is 1.75. The number of ether oxygens (including phenoxy) is 1. The maximum absolute atomic E-state index is 12.3. The third-order valence-electron chi connectivity index (χ3n) is 4.42. The number of benzene rings is 1. The number of nitrogens with zero attached hydrogens (tertiary/aromatic N) is 1. The first kappa shape index (κ1) is 19.7. The minimum Gasteiger partial charge on any atom is -0.452 e. The van der Waals surface area contributed by atoms with Gasteiger partial charge in [0.25, 0.3) is 5.91 Å². The average Bonchev–Trinajstić information content (AvgIpc) is 2.67. The highest BCUT2D eigenvalue weighted by molar-refractivity contribution is 5.93. The third-order valence-corrected chi connectivity index (χ3v) is 4.42. The number of hydrogen-bond donors (Lipinski definition) is 1. The number of amides is 2. The predicted octanol–water partition coefficient (Wildman–Crippen LogP) is 2.76. The number of anilines is 1. The Morgan fingerprint density at radius 3 is 2.46 bits per heavy atom. The molecular formula is C20H26N2O4. The molecule has 1 aliphatic rings. The lowest BCUT2D eigenvalue weighted by Crippen LogP contribution is -2.43. The number of para-hydroxylation sites is 1. The number of piperidine rings is 1. The second kappa shape index (κ2) is 9.75. The third kappa shape index (κ3) is 5.72. The van der Waals surface area contributed by atoms with E-state index in [0.29, 0.717) is 31.5 Å². The number of nitrogens with one attached hydrogen (secondary N) is 1. The van der Waals surface area contributed by atoms with Crippen molar-refractivity contribution in [1.29, 1.82) is 0 Å². The number of likely N-dealkylation sites (tertiary alicyclic amines) is 1. The molecule has 1 aromatic carbocycles. The van der Waals surface area contributed by atoms with Crippen LogP contribution in [0.5, 0.6) is 0 Å². The Bertz CT molecular complexity index is 662. The zero-order valence-electron chi connectivity index (χ0n) is 15.4. The van der Waals surface area contributed by atoms with Gasteiger partial charge in [0.15, 0.2) is 6.61 Å². The monoisotopic (exact) mass is 358 g/mol. The highest BCUT2D eigenvalue weighted by atomic mass is 16.5. The smallest absolute Gasteiger partial charge is 0.333 e. The van der Waals surface area contributed by atoms with Crippen molar-refractivity contribution in [2.24, 2.45) is 5.92 Å². The topological polar surface area (TPSA) is 75.7 Å². The van der Waals surface area contributed by atoms with Gasteiger partial charge in [0.1, 0.15) is 0 Å². The summed E-state index contributed by atoms with van der Waals surface area (Å²) in [6, 6.07) is 9.33. The van der Waals surface area contributed by atoms with Gasteiger partial charge >= 0.3 is 5.97 Å². The van der Waals surface area contributed by atoms with Crippen molar-refractivity contribution >= 4 is 23.5 Å². The lowest BCUT2D eigenvalue weighted by Gasteiger charge is -2.31. The first-order valence-corrected chi connectivity index (χ1v) is 8.98. The van der Waals surface area contributed by atoms with Crippen LogP contribution in [0, 0.1) is 5.92 Å². The highest BCUT2D eigenvalue weighted by Crippen LogP contribution is 2.19. The van der Waals surface area contributed by atoms with Crippen molar-refractivity contribution in [3.05, 3.63) is 42.0 Å². The van der Waals surface area contributed by atoms with E-state index in [1.54, 1.807) is 17.9 Å². The van der Waals surface area contributed by atoms with Crippen LogP contribution in [0.3, 0.4) is 0 Å². The van der Waals surface area contributed by atoms with Crippen LogP contribution in [-0.2, 0) is 19.1 Å². The molecule has 0 aliphatic carbocycles. The van der Waals surface area contributed by atoms with E-state index < -0.39 is 5.97 Å². The molecule has 6 nitrogen and oxygen atoms in total. The number of carbonyl (C=O) groups is 3. The molecule has 0 saturated carbocycles. The molecule has 0 spiro atoms. The summed E-state index contributed by atoms with van der Waals surface area (Å²) in [5.74, 6) is -0.812. The summed E-state index contributed by atoms with van der Waals surface area (Å²) in [6.45, 7) is 4.34. The molecule has 1 aliphatic heterocycles. The van der Waals surface area contributed by atoms with Gasteiger partial charge in [-0.05, 0) is 38.3 Å². The van der Waals surface area contributed by atoms with Gasteiger partial charge in [0.2, 0.25) is 5.91 Å². The van der Waals surface area contributed by atoms with Crippen molar-refractivity contribution in [3.8, 4) is 0 Å². The molecule has 0 bridgehead atoms. The molecule has 1 N–H and O–H groups in total. The van der Waals surface area contributed by atoms with Crippen LogP contribution in [0.15, 0.2) is 42.0 Å². The fourth-order valence-electron chi connectivity index (χ4n) is 2.88. The van der Waals surface area contributed by atoms with Gasteiger partial charge in [-0.15, -0.1) is 0 Å². The van der Waals surface area contributed by atoms with E-state index in [1.165, 1.54) is 0 Å². The SMILES string of the molecule is CC/C=C(/C)C(=O)OCC(=O)N1CCC(C(=O)Nc2ccccc2)CC1. The van der Waals surface area contributed by atoms with E-state index >= 15 is 0 Å². The summed E-state index contributed by atoms with van der Waals surface area (Å²) in [4.78, 5) is 37.9. The molecule has 26 heavy (non-hydrogen) atoms. The van der Waals surface area contributed by atoms with Crippen molar-refractivity contribution in [2.75, 3.05) is 25.0 Å². The summed E-state index contributed by atoms with van der Waals surface area (Å²) in [7, 11) is 0. The average molecular weight is 358 g/mol. The van der Waals surface area contributed by atoms with Crippen molar-refractivity contribution in [3.63, 3.8) is 0 Å². The molecule has 1 fully saturated rings. The molecular weight excluding hydrogens is 332 g/mol. The largest absolute Gasteiger partial charge is 0.452 e. The van der Waals surface area contributed by atoms with Crippen molar-refractivity contribution in [2.45, 2.75) is 33.1 Å². The van der Waals surface area contributed by atoms with Gasteiger partial charge in [0, 0.05) is 30.3 Å². The van der Waals surface area contributed by atoms with E-state index in [0.717, 1.165) is 12.1 Å². The van der Waals surface area contributed by atoms with Gasteiger partial charge < -0.3 is 15.0 Å². The zero-order chi connectivity index (χ0) is 18.9. The van der Waals surface area contributed by atoms with E-state index in [1.807, 2.05) is 37.3 Å². The first-order chi connectivity index (χ1) is 12.5. The maximum Gasteiger partial charge on any atom is 0.333 e. The van der Waals surface area contributed by atoms with Gasteiger partial charge in [-0.3, -0.25) is 9.59 Å². The van der Waals surface area contributed by atoms with Crippen LogP contribution in [0.4, 0.5) is 5.69 Å². The standard InChI is InChI=1S/C20H26N2O4/c1-3-7-15(2)20(25)26-14-18(23)22-12-10-16(11-13-22)19(24)21-17-8-5-4-6-9-17/h4-9,16H,3,10-14H2,1-2H3,(H,21,24)/b15-7-. The Kier molecular flexibility index (Phi) is 7.38. The molecule has 1 heterocycles. The van der Waals surface area contributed by atoms with E-state index in [2.05, 4.69) is 5.32 Å². The Labute approximate surface area is 154 Å². The molecule has 2 rings (SSSR count). The molecule has 140 valence electrons. The number of carbonyl (C=O) groups excluding carboxylic acids is 3. The highest BCUT2D eigenvalue weighted by Gasteiger charge is 2.27. The van der Waals surface area contributed by atoms with Gasteiger partial charge in [-0.1, -0.05) is 31.2 Å². The van der Waals surface area contributed by atoms with Crippen LogP contribution < -0.4 is 5.32 Å². The lowest BCUT2D eigenvalue weighted by molar-refractivity contribution is -0.149. The number of hydrogen-bond acceptors (Lipinski definition) is 4. The molecule has 0 atom stereocenters. The fourth-order valence-corrected chi connectivity index (χ4v) is 2.88.